The molecule has 3 aromatic rings. The van der Waals surface area contributed by atoms with Crippen molar-refractivity contribution in [2.24, 2.45) is 0 Å². The van der Waals surface area contributed by atoms with Crippen molar-refractivity contribution in [3.05, 3.63) is 101 Å². The van der Waals surface area contributed by atoms with Crippen molar-refractivity contribution in [3.8, 4) is 0 Å². The maximum Gasteiger partial charge on any atom is 0.262 e. The lowest BCUT2D eigenvalue weighted by molar-refractivity contribution is -0.136. The summed E-state index contributed by atoms with van der Waals surface area (Å²) in [6.07, 6.45) is 0.553. The van der Waals surface area contributed by atoms with Gasteiger partial charge in [-0.15, -0.1) is 0 Å². The molecule has 186 valence electrons. The number of amides is 4. The second-order valence-electron chi connectivity index (χ2n) is 9.74. The Morgan fingerprint density at radius 1 is 0.892 bits per heavy atom. The van der Waals surface area contributed by atoms with Crippen LogP contribution in [-0.4, -0.2) is 46.2 Å². The molecule has 8 heteroatoms. The number of carbonyl (C=O) groups is 4. The van der Waals surface area contributed by atoms with Gasteiger partial charge < -0.3 is 10.0 Å². The summed E-state index contributed by atoms with van der Waals surface area (Å²) in [6, 6.07) is 21.6. The van der Waals surface area contributed by atoms with Crippen LogP contribution in [0.3, 0.4) is 0 Å². The molecule has 3 heterocycles. The molecule has 6 rings (SSSR count). The van der Waals surface area contributed by atoms with Gasteiger partial charge in [-0.25, -0.2) is 0 Å². The summed E-state index contributed by atoms with van der Waals surface area (Å²) in [5.74, 6) is -2.22. The highest BCUT2D eigenvalue weighted by atomic mass is 16.3. The standard InChI is InChI=1S/C29H25N3O5/c33-25-13-12-24(26(34)30-25)32-27(35)20-11-10-19(16-21(20)28(32)36)29(37)14-15-31(17-18-6-2-1-3-7-18)23-9-5-4-8-22(23)29/h1-11,16,24,37H,12-15,17H2,(H,30,33,34). The lowest BCUT2D eigenvalue weighted by atomic mass is 9.79. The summed E-state index contributed by atoms with van der Waals surface area (Å²) in [5, 5.41) is 14.2. The summed E-state index contributed by atoms with van der Waals surface area (Å²) in [7, 11) is 0. The van der Waals surface area contributed by atoms with Gasteiger partial charge in [-0.05, 0) is 35.7 Å². The van der Waals surface area contributed by atoms with Crippen molar-refractivity contribution in [2.45, 2.75) is 37.5 Å². The monoisotopic (exact) mass is 495 g/mol. The highest BCUT2D eigenvalue weighted by molar-refractivity contribution is 6.23. The molecule has 0 aromatic heterocycles. The van der Waals surface area contributed by atoms with Crippen LogP contribution in [0.15, 0.2) is 72.8 Å². The molecule has 3 aliphatic heterocycles. The Balaban J connectivity index is 1.34. The Morgan fingerprint density at radius 2 is 1.62 bits per heavy atom. The van der Waals surface area contributed by atoms with E-state index in [2.05, 4.69) is 22.3 Å². The second kappa shape index (κ2) is 8.67. The lowest BCUT2D eigenvalue weighted by Crippen LogP contribution is -2.54. The predicted molar refractivity (Wildman–Crippen MR) is 135 cm³/mol. The molecular weight excluding hydrogens is 470 g/mol. The fraction of sp³-hybridized carbons (Fsp3) is 0.241. The first kappa shape index (κ1) is 23.1. The maximum atomic E-state index is 13.3. The van der Waals surface area contributed by atoms with E-state index < -0.39 is 35.3 Å². The summed E-state index contributed by atoms with van der Waals surface area (Å²) in [6.45, 7) is 1.29. The highest BCUT2D eigenvalue weighted by Gasteiger charge is 2.46. The smallest absolute Gasteiger partial charge is 0.262 e. The molecule has 2 N–H and O–H groups in total. The molecule has 3 aromatic carbocycles. The van der Waals surface area contributed by atoms with Gasteiger partial charge in [0.05, 0.1) is 11.1 Å². The summed E-state index contributed by atoms with van der Waals surface area (Å²) in [5.41, 5.74) is 2.32. The number of para-hydroxylation sites is 1. The third kappa shape index (κ3) is 3.72. The zero-order valence-electron chi connectivity index (χ0n) is 20.0. The van der Waals surface area contributed by atoms with Crippen LogP contribution in [0.2, 0.25) is 0 Å². The molecule has 4 amide bonds. The first-order chi connectivity index (χ1) is 17.9. The number of imide groups is 2. The van der Waals surface area contributed by atoms with Crippen molar-refractivity contribution >= 4 is 29.3 Å². The van der Waals surface area contributed by atoms with E-state index in [1.165, 1.54) is 0 Å². The van der Waals surface area contributed by atoms with E-state index in [0.717, 1.165) is 21.7 Å². The number of piperidine rings is 1. The third-order valence-corrected chi connectivity index (χ3v) is 7.57. The van der Waals surface area contributed by atoms with Crippen LogP contribution in [0, 0.1) is 0 Å². The van der Waals surface area contributed by atoms with E-state index in [0.29, 0.717) is 25.1 Å². The zero-order chi connectivity index (χ0) is 25.7. The summed E-state index contributed by atoms with van der Waals surface area (Å²) in [4.78, 5) is 53.5. The molecule has 0 spiro atoms. The van der Waals surface area contributed by atoms with Gasteiger partial charge in [-0.1, -0.05) is 54.6 Å². The van der Waals surface area contributed by atoms with E-state index in [1.54, 1.807) is 18.2 Å². The molecule has 1 saturated heterocycles. The van der Waals surface area contributed by atoms with E-state index in [9.17, 15) is 24.3 Å². The third-order valence-electron chi connectivity index (χ3n) is 7.57. The van der Waals surface area contributed by atoms with Gasteiger partial charge in [-0.3, -0.25) is 29.4 Å². The Labute approximate surface area is 213 Å². The van der Waals surface area contributed by atoms with Gasteiger partial charge in [0, 0.05) is 37.2 Å². The lowest BCUT2D eigenvalue weighted by Gasteiger charge is -2.41. The minimum absolute atomic E-state index is 0.0606. The van der Waals surface area contributed by atoms with Crippen molar-refractivity contribution in [1.82, 2.24) is 10.2 Å². The number of hydrogen-bond donors (Lipinski definition) is 2. The Kier molecular flexibility index (Phi) is 5.42. The van der Waals surface area contributed by atoms with Crippen LogP contribution in [-0.2, 0) is 21.7 Å². The molecule has 8 nitrogen and oxygen atoms in total. The summed E-state index contributed by atoms with van der Waals surface area (Å²) < 4.78 is 0. The van der Waals surface area contributed by atoms with Gasteiger partial charge >= 0.3 is 0 Å². The molecule has 0 aliphatic carbocycles. The van der Waals surface area contributed by atoms with Crippen LogP contribution < -0.4 is 10.2 Å². The van der Waals surface area contributed by atoms with E-state index in [1.807, 2.05) is 42.5 Å². The molecule has 2 atom stereocenters. The quantitative estimate of drug-likeness (QED) is 0.539. The van der Waals surface area contributed by atoms with Gasteiger partial charge in [0.1, 0.15) is 11.6 Å². The van der Waals surface area contributed by atoms with Crippen LogP contribution in [0.4, 0.5) is 5.69 Å². The number of benzene rings is 3. The Bertz CT molecular complexity index is 1450. The average molecular weight is 496 g/mol. The van der Waals surface area contributed by atoms with E-state index in [4.69, 9.17) is 0 Å². The first-order valence-corrected chi connectivity index (χ1v) is 12.3. The number of hydrogen-bond acceptors (Lipinski definition) is 6. The van der Waals surface area contributed by atoms with Gasteiger partial charge in [0.25, 0.3) is 11.8 Å². The zero-order valence-corrected chi connectivity index (χ0v) is 20.0. The van der Waals surface area contributed by atoms with Gasteiger partial charge in [0.15, 0.2) is 0 Å². The Hall–Kier alpha value is -4.30. The summed E-state index contributed by atoms with van der Waals surface area (Å²) >= 11 is 0. The minimum atomic E-state index is -1.36. The van der Waals surface area contributed by atoms with E-state index >= 15 is 0 Å². The molecule has 0 radical (unpaired) electrons. The molecule has 37 heavy (non-hydrogen) atoms. The van der Waals surface area contributed by atoms with Gasteiger partial charge in [-0.2, -0.15) is 0 Å². The van der Waals surface area contributed by atoms with Crippen molar-refractivity contribution in [1.29, 1.82) is 0 Å². The predicted octanol–water partition coefficient (Wildman–Crippen LogP) is 2.73. The van der Waals surface area contributed by atoms with Crippen LogP contribution >= 0.6 is 0 Å². The van der Waals surface area contributed by atoms with Crippen molar-refractivity contribution < 1.29 is 24.3 Å². The minimum Gasteiger partial charge on any atom is -0.380 e. The van der Waals surface area contributed by atoms with Crippen molar-refractivity contribution in [2.75, 3.05) is 11.4 Å². The molecule has 0 saturated carbocycles. The number of aliphatic hydroxyl groups is 1. The number of rotatable bonds is 4. The van der Waals surface area contributed by atoms with Crippen LogP contribution in [0.5, 0.6) is 0 Å². The first-order valence-electron chi connectivity index (χ1n) is 12.3. The number of nitrogens with one attached hydrogen (secondary N) is 1. The largest absolute Gasteiger partial charge is 0.380 e. The molecular formula is C29H25N3O5. The fourth-order valence-corrected chi connectivity index (χ4v) is 5.65. The molecule has 0 bridgehead atoms. The Morgan fingerprint density at radius 3 is 2.41 bits per heavy atom. The topological polar surface area (TPSA) is 107 Å². The van der Waals surface area contributed by atoms with E-state index in [-0.39, 0.29) is 24.0 Å². The number of anilines is 1. The molecule has 2 unspecified atom stereocenters. The van der Waals surface area contributed by atoms with Crippen LogP contribution in [0.1, 0.15) is 56.7 Å². The molecule has 1 fully saturated rings. The van der Waals surface area contributed by atoms with Gasteiger partial charge in [0.2, 0.25) is 11.8 Å². The average Bonchev–Trinajstić information content (AvgIpc) is 3.16. The molecule has 3 aliphatic rings. The maximum absolute atomic E-state index is 13.3. The second-order valence-corrected chi connectivity index (χ2v) is 9.74. The number of carbonyl (C=O) groups excluding carboxylic acids is 4. The highest BCUT2D eigenvalue weighted by Crippen LogP contribution is 2.44. The normalized spacial score (nSPS) is 23.1. The van der Waals surface area contributed by atoms with Crippen molar-refractivity contribution in [3.63, 3.8) is 0 Å². The van der Waals surface area contributed by atoms with Crippen LogP contribution in [0.25, 0.3) is 0 Å². The number of nitrogens with zero attached hydrogens (tertiary/aromatic N) is 2. The fourth-order valence-electron chi connectivity index (χ4n) is 5.65. The number of fused-ring (bicyclic) bond motifs is 2. The SMILES string of the molecule is O=C1CCC(N2C(=O)c3ccc(C4(O)CCN(Cc5ccccc5)c5ccccc54)cc3C2=O)C(=O)N1.